The number of H-pyrrole nitrogens is 2. The van der Waals surface area contributed by atoms with Crippen LogP contribution in [0, 0.1) is 5.82 Å². The van der Waals surface area contributed by atoms with Crippen LogP contribution in [0.3, 0.4) is 0 Å². The van der Waals surface area contributed by atoms with Crippen molar-refractivity contribution in [3.05, 3.63) is 40.1 Å². The van der Waals surface area contributed by atoms with Crippen LogP contribution in [0.1, 0.15) is 24.2 Å². The molecule has 0 amide bonds. The molecule has 0 aliphatic rings. The van der Waals surface area contributed by atoms with Crippen LogP contribution in [0.15, 0.2) is 28.0 Å². The van der Waals surface area contributed by atoms with Crippen LogP contribution in [0.25, 0.3) is 21.8 Å². The van der Waals surface area contributed by atoms with E-state index in [2.05, 4.69) is 9.97 Å². The minimum Gasteiger partial charge on any atom is -0.478 e. The number of nitrogens with one attached hydrogen (secondary N) is 2. The minimum atomic E-state index is -4.33. The molecule has 0 saturated carbocycles. The smallest absolute Gasteiger partial charge is 0.337 e. The first-order chi connectivity index (χ1) is 13.1. The van der Waals surface area contributed by atoms with Gasteiger partial charge in [0.1, 0.15) is 16.2 Å². The fourth-order valence-corrected chi connectivity index (χ4v) is 4.88. The van der Waals surface area contributed by atoms with Crippen molar-refractivity contribution in [2.45, 2.75) is 24.8 Å². The molecule has 3 rings (SSSR count). The Hall–Kier alpha value is -2.76. The number of hydrogen-bond donors (Lipinski definition) is 4. The van der Waals surface area contributed by atoms with Gasteiger partial charge in [0.15, 0.2) is 0 Å². The quantitative estimate of drug-likeness (QED) is 0.480. The number of nitrogens with zero attached hydrogens (tertiary/aromatic N) is 1. The van der Waals surface area contributed by atoms with Crippen molar-refractivity contribution in [3.8, 4) is 0 Å². The lowest BCUT2D eigenvalue weighted by atomic mass is 10.1. The zero-order valence-electron chi connectivity index (χ0n) is 15.0. The zero-order chi connectivity index (χ0) is 20.8. The van der Waals surface area contributed by atoms with E-state index in [-0.39, 0.29) is 33.9 Å². The minimum absolute atomic E-state index is 0.0130. The summed E-state index contributed by atoms with van der Waals surface area (Å²) in [5, 5.41) is 18.6. The molecule has 0 radical (unpaired) electrons. The molecule has 150 valence electrons. The third-order valence-electron chi connectivity index (χ3n) is 4.41. The molecular formula is C17H18FN3O6S. The topological polar surface area (TPSA) is 144 Å². The summed E-state index contributed by atoms with van der Waals surface area (Å²) in [6.07, 6.45) is 1.12. The molecule has 9 nitrogen and oxygen atoms in total. The lowest BCUT2D eigenvalue weighted by Crippen LogP contribution is -2.39. The zero-order valence-corrected chi connectivity index (χ0v) is 15.8. The van der Waals surface area contributed by atoms with Crippen LogP contribution in [0.2, 0.25) is 0 Å². The molecule has 2 aromatic heterocycles. The van der Waals surface area contributed by atoms with Crippen molar-refractivity contribution in [1.82, 2.24) is 14.3 Å². The Morgan fingerprint density at radius 3 is 2.57 bits per heavy atom. The Morgan fingerprint density at radius 2 is 2.00 bits per heavy atom. The monoisotopic (exact) mass is 411 g/mol. The van der Waals surface area contributed by atoms with Crippen LogP contribution in [-0.2, 0) is 10.0 Å². The number of aromatic amines is 2. The van der Waals surface area contributed by atoms with Gasteiger partial charge in [-0.1, -0.05) is 0 Å². The first-order valence-corrected chi connectivity index (χ1v) is 9.76. The highest BCUT2D eigenvalue weighted by molar-refractivity contribution is 7.89. The Bertz CT molecular complexity index is 1250. The third kappa shape index (κ3) is 3.07. The van der Waals surface area contributed by atoms with Gasteiger partial charge in [-0.2, -0.15) is 4.31 Å². The summed E-state index contributed by atoms with van der Waals surface area (Å²) in [5.74, 6) is -2.42. The summed E-state index contributed by atoms with van der Waals surface area (Å²) in [6, 6.07) is 1.30. The van der Waals surface area contributed by atoms with Crippen molar-refractivity contribution in [1.29, 1.82) is 0 Å². The molecule has 1 aromatic carbocycles. The molecule has 0 aliphatic carbocycles. The van der Waals surface area contributed by atoms with Gasteiger partial charge in [-0.3, -0.25) is 4.79 Å². The molecular weight excluding hydrogens is 393 g/mol. The van der Waals surface area contributed by atoms with E-state index < -0.39 is 44.9 Å². The summed E-state index contributed by atoms with van der Waals surface area (Å²) in [4.78, 5) is 27.9. The molecule has 2 heterocycles. The molecule has 11 heteroatoms. The standard InChI is InChI=1S/C17H18FN3O6S/c1-8(2)21(3-4-22)28(26,27)13-5-9-12(6-11(13)18)20-16(23)15-14(9)10(7-19-15)17(24)25/h5-8,19,22H,3-4H2,1-2H3,(H,20,23)(H,24,25). The van der Waals surface area contributed by atoms with Gasteiger partial charge in [0.2, 0.25) is 10.0 Å². The molecule has 3 aromatic rings. The maximum atomic E-state index is 14.7. The molecule has 0 atom stereocenters. The predicted octanol–water partition coefficient (Wildman–Crippen LogP) is 1.24. The fourth-order valence-electron chi connectivity index (χ4n) is 3.18. The molecule has 0 bridgehead atoms. The second-order valence-corrected chi connectivity index (χ2v) is 8.33. The second kappa shape index (κ2) is 7.00. The number of aliphatic hydroxyl groups is 1. The summed E-state index contributed by atoms with van der Waals surface area (Å²) in [6.45, 7) is 2.47. The summed E-state index contributed by atoms with van der Waals surface area (Å²) in [7, 11) is -4.33. The SMILES string of the molecule is CC(C)N(CCO)S(=O)(=O)c1cc2c(cc1F)[nH]c(=O)c1[nH]cc(C(=O)O)c12. The number of aromatic nitrogens is 2. The van der Waals surface area contributed by atoms with Crippen molar-refractivity contribution in [2.75, 3.05) is 13.2 Å². The molecule has 0 unspecified atom stereocenters. The van der Waals surface area contributed by atoms with Crippen LogP contribution >= 0.6 is 0 Å². The number of benzene rings is 1. The van der Waals surface area contributed by atoms with E-state index in [0.29, 0.717) is 0 Å². The summed E-state index contributed by atoms with van der Waals surface area (Å²) >= 11 is 0. The number of carboxylic acids is 1. The van der Waals surface area contributed by atoms with Crippen molar-refractivity contribution < 1.29 is 27.8 Å². The third-order valence-corrected chi connectivity index (χ3v) is 6.50. The van der Waals surface area contributed by atoms with Crippen molar-refractivity contribution in [2.24, 2.45) is 0 Å². The van der Waals surface area contributed by atoms with Gasteiger partial charge in [-0.25, -0.2) is 17.6 Å². The van der Waals surface area contributed by atoms with Gasteiger partial charge in [-0.05, 0) is 26.0 Å². The molecule has 0 aliphatic heterocycles. The number of carbonyl (C=O) groups is 1. The Labute approximate surface area is 158 Å². The maximum absolute atomic E-state index is 14.7. The largest absolute Gasteiger partial charge is 0.478 e. The average Bonchev–Trinajstić information content (AvgIpc) is 3.04. The normalized spacial score (nSPS) is 12.5. The van der Waals surface area contributed by atoms with Gasteiger partial charge in [0.25, 0.3) is 5.56 Å². The first-order valence-electron chi connectivity index (χ1n) is 8.32. The van der Waals surface area contributed by atoms with Crippen molar-refractivity contribution in [3.63, 3.8) is 0 Å². The van der Waals surface area contributed by atoms with Gasteiger partial charge in [0.05, 0.1) is 17.7 Å². The molecule has 0 fully saturated rings. The lowest BCUT2D eigenvalue weighted by molar-refractivity contribution is 0.0699. The number of fused-ring (bicyclic) bond motifs is 3. The highest BCUT2D eigenvalue weighted by Crippen LogP contribution is 2.30. The number of aromatic carboxylic acids is 1. The van der Waals surface area contributed by atoms with Crippen LogP contribution in [0.5, 0.6) is 0 Å². The van der Waals surface area contributed by atoms with E-state index in [0.717, 1.165) is 22.6 Å². The molecule has 4 N–H and O–H groups in total. The summed E-state index contributed by atoms with van der Waals surface area (Å²) in [5.41, 5.74) is -0.989. The number of carboxylic acid groups (broad SMARTS) is 1. The Balaban J connectivity index is 2.40. The first kappa shape index (κ1) is 20.0. The van der Waals surface area contributed by atoms with Gasteiger partial charge in [0, 0.05) is 29.6 Å². The van der Waals surface area contributed by atoms with E-state index in [4.69, 9.17) is 5.11 Å². The van der Waals surface area contributed by atoms with E-state index in [1.807, 2.05) is 0 Å². The number of aliphatic hydroxyl groups excluding tert-OH is 1. The van der Waals surface area contributed by atoms with Crippen molar-refractivity contribution >= 4 is 37.8 Å². The summed E-state index contributed by atoms with van der Waals surface area (Å²) < 4.78 is 41.6. The van der Waals surface area contributed by atoms with Gasteiger partial charge < -0.3 is 20.2 Å². The van der Waals surface area contributed by atoms with Gasteiger partial charge >= 0.3 is 5.97 Å². The van der Waals surface area contributed by atoms with E-state index >= 15 is 0 Å². The Kier molecular flexibility index (Phi) is 5.00. The predicted molar refractivity (Wildman–Crippen MR) is 99.5 cm³/mol. The van der Waals surface area contributed by atoms with E-state index in [1.54, 1.807) is 13.8 Å². The highest BCUT2D eigenvalue weighted by Gasteiger charge is 2.30. The van der Waals surface area contributed by atoms with Crippen LogP contribution in [0.4, 0.5) is 4.39 Å². The molecule has 0 saturated heterocycles. The van der Waals surface area contributed by atoms with Crippen LogP contribution < -0.4 is 5.56 Å². The number of hydrogen-bond acceptors (Lipinski definition) is 5. The highest BCUT2D eigenvalue weighted by atomic mass is 32.2. The lowest BCUT2D eigenvalue weighted by Gasteiger charge is -2.25. The Morgan fingerprint density at radius 1 is 1.32 bits per heavy atom. The number of sulfonamides is 1. The number of halogens is 1. The molecule has 28 heavy (non-hydrogen) atoms. The second-order valence-electron chi connectivity index (χ2n) is 6.47. The van der Waals surface area contributed by atoms with E-state index in [9.17, 15) is 27.5 Å². The average molecular weight is 411 g/mol. The fraction of sp³-hybridized carbons (Fsp3) is 0.294. The van der Waals surface area contributed by atoms with E-state index in [1.165, 1.54) is 0 Å². The maximum Gasteiger partial charge on any atom is 0.337 e. The number of rotatable bonds is 6. The van der Waals surface area contributed by atoms with Gasteiger partial charge in [-0.15, -0.1) is 0 Å². The van der Waals surface area contributed by atoms with Crippen LogP contribution in [-0.4, -0.2) is 58.1 Å². The molecule has 0 spiro atoms. The number of pyridine rings is 1.